The summed E-state index contributed by atoms with van der Waals surface area (Å²) in [6, 6.07) is 10.3. The standard InChI is InChI=1S/C20H33NO3/c1-5-6-7-8-12-15-18(19(23-3)20(22)24-4)21-16(2)17-13-10-9-11-14-17/h9-11,13-14,16,18-19,21H,5-8,12,15H2,1-4H3/t16-,18-,19+/m1/s1. The van der Waals surface area contributed by atoms with Crippen LogP contribution in [0.3, 0.4) is 0 Å². The average molecular weight is 335 g/mol. The lowest BCUT2D eigenvalue weighted by molar-refractivity contribution is -0.154. The number of hydrogen-bond donors (Lipinski definition) is 1. The number of methoxy groups -OCH3 is 2. The monoisotopic (exact) mass is 335 g/mol. The molecule has 0 aromatic heterocycles. The van der Waals surface area contributed by atoms with Gasteiger partial charge in [0, 0.05) is 19.2 Å². The first kappa shape index (κ1) is 20.7. The predicted molar refractivity (Wildman–Crippen MR) is 98.0 cm³/mol. The Bertz CT molecular complexity index is 449. The van der Waals surface area contributed by atoms with Crippen molar-refractivity contribution >= 4 is 5.97 Å². The van der Waals surface area contributed by atoms with E-state index in [1.165, 1.54) is 38.4 Å². The summed E-state index contributed by atoms with van der Waals surface area (Å²) in [5.74, 6) is -0.316. The van der Waals surface area contributed by atoms with E-state index in [-0.39, 0.29) is 18.1 Å². The van der Waals surface area contributed by atoms with E-state index >= 15 is 0 Å². The van der Waals surface area contributed by atoms with Gasteiger partial charge in [0.1, 0.15) is 0 Å². The number of hydrogen-bond acceptors (Lipinski definition) is 4. The molecule has 1 rings (SSSR count). The van der Waals surface area contributed by atoms with Crippen molar-refractivity contribution in [2.24, 2.45) is 0 Å². The molecule has 1 aromatic rings. The fraction of sp³-hybridized carbons (Fsp3) is 0.650. The van der Waals surface area contributed by atoms with E-state index in [1.54, 1.807) is 7.11 Å². The minimum absolute atomic E-state index is 0.0562. The Hall–Kier alpha value is -1.39. The van der Waals surface area contributed by atoms with E-state index in [1.807, 2.05) is 18.2 Å². The molecular formula is C20H33NO3. The van der Waals surface area contributed by atoms with E-state index < -0.39 is 6.10 Å². The predicted octanol–water partition coefficient (Wildman–Crippen LogP) is 4.25. The van der Waals surface area contributed by atoms with Crippen molar-refractivity contribution in [3.63, 3.8) is 0 Å². The second-order valence-electron chi connectivity index (χ2n) is 6.29. The van der Waals surface area contributed by atoms with Gasteiger partial charge in [0.2, 0.25) is 0 Å². The topological polar surface area (TPSA) is 47.6 Å². The lowest BCUT2D eigenvalue weighted by atomic mass is 9.99. The maximum Gasteiger partial charge on any atom is 0.336 e. The molecule has 0 fully saturated rings. The second kappa shape index (κ2) is 12.0. The maximum absolute atomic E-state index is 12.1. The Morgan fingerprint density at radius 3 is 2.33 bits per heavy atom. The molecule has 0 radical (unpaired) electrons. The summed E-state index contributed by atoms with van der Waals surface area (Å²) in [5, 5.41) is 3.56. The molecule has 0 unspecified atom stereocenters. The summed E-state index contributed by atoms with van der Waals surface area (Å²) in [4.78, 5) is 12.1. The first-order chi connectivity index (χ1) is 11.6. The molecule has 4 heteroatoms. The highest BCUT2D eigenvalue weighted by Gasteiger charge is 2.29. The maximum atomic E-state index is 12.1. The first-order valence-corrected chi connectivity index (χ1v) is 9.05. The fourth-order valence-electron chi connectivity index (χ4n) is 2.99. The number of nitrogens with one attached hydrogen (secondary N) is 1. The van der Waals surface area contributed by atoms with Gasteiger partial charge in [-0.2, -0.15) is 0 Å². The molecule has 0 heterocycles. The van der Waals surface area contributed by atoms with Crippen molar-refractivity contribution in [1.82, 2.24) is 5.32 Å². The molecule has 0 saturated heterocycles. The summed E-state index contributed by atoms with van der Waals surface area (Å²) >= 11 is 0. The SMILES string of the molecule is CCCCCCC[C@@H](N[C@H](C)c1ccccc1)[C@H](OC)C(=O)OC. The quantitative estimate of drug-likeness (QED) is 0.458. The van der Waals surface area contributed by atoms with Crippen molar-refractivity contribution < 1.29 is 14.3 Å². The second-order valence-corrected chi connectivity index (χ2v) is 6.29. The van der Waals surface area contributed by atoms with Gasteiger partial charge in [0.25, 0.3) is 0 Å². The molecule has 0 bridgehead atoms. The molecule has 0 aliphatic carbocycles. The molecule has 0 saturated carbocycles. The van der Waals surface area contributed by atoms with Gasteiger partial charge in [0.15, 0.2) is 6.10 Å². The van der Waals surface area contributed by atoms with Crippen LogP contribution in [0.15, 0.2) is 30.3 Å². The minimum Gasteiger partial charge on any atom is -0.467 e. The van der Waals surface area contributed by atoms with Gasteiger partial charge in [-0.05, 0) is 18.9 Å². The lowest BCUT2D eigenvalue weighted by Crippen LogP contribution is -2.46. The van der Waals surface area contributed by atoms with Crippen LogP contribution in [0.2, 0.25) is 0 Å². The molecule has 24 heavy (non-hydrogen) atoms. The number of ether oxygens (including phenoxy) is 2. The Morgan fingerprint density at radius 1 is 1.08 bits per heavy atom. The Morgan fingerprint density at radius 2 is 1.75 bits per heavy atom. The summed E-state index contributed by atoms with van der Waals surface area (Å²) in [5.41, 5.74) is 1.20. The smallest absolute Gasteiger partial charge is 0.336 e. The first-order valence-electron chi connectivity index (χ1n) is 9.05. The molecule has 1 aromatic carbocycles. The number of esters is 1. The van der Waals surface area contributed by atoms with Gasteiger partial charge >= 0.3 is 5.97 Å². The van der Waals surface area contributed by atoms with E-state index in [4.69, 9.17) is 9.47 Å². The highest BCUT2D eigenvalue weighted by Crippen LogP contribution is 2.18. The van der Waals surface area contributed by atoms with E-state index in [9.17, 15) is 4.79 Å². The van der Waals surface area contributed by atoms with Gasteiger partial charge in [-0.3, -0.25) is 0 Å². The largest absolute Gasteiger partial charge is 0.467 e. The number of rotatable bonds is 12. The van der Waals surface area contributed by atoms with E-state index in [2.05, 4.69) is 31.3 Å². The number of benzene rings is 1. The van der Waals surface area contributed by atoms with Crippen molar-refractivity contribution in [2.45, 2.75) is 70.6 Å². The van der Waals surface area contributed by atoms with E-state index in [0.29, 0.717) is 0 Å². The van der Waals surface area contributed by atoms with E-state index in [0.717, 1.165) is 12.8 Å². The molecule has 0 aliphatic rings. The molecule has 1 N–H and O–H groups in total. The normalized spacial score (nSPS) is 14.8. The molecule has 0 amide bonds. The van der Waals surface area contributed by atoms with Gasteiger partial charge in [-0.1, -0.05) is 69.4 Å². The van der Waals surface area contributed by atoms with Crippen LogP contribution < -0.4 is 5.32 Å². The highest BCUT2D eigenvalue weighted by molar-refractivity contribution is 5.75. The van der Waals surface area contributed by atoms with Crippen LogP contribution >= 0.6 is 0 Å². The molecule has 136 valence electrons. The molecule has 3 atom stereocenters. The lowest BCUT2D eigenvalue weighted by Gasteiger charge is -2.28. The van der Waals surface area contributed by atoms with Crippen LogP contribution in [0.5, 0.6) is 0 Å². The van der Waals surface area contributed by atoms with Crippen LogP contribution in [0.4, 0.5) is 0 Å². The van der Waals surface area contributed by atoms with Crippen molar-refractivity contribution in [2.75, 3.05) is 14.2 Å². The van der Waals surface area contributed by atoms with Crippen LogP contribution in [-0.4, -0.2) is 32.3 Å². The van der Waals surface area contributed by atoms with Crippen molar-refractivity contribution in [1.29, 1.82) is 0 Å². The summed E-state index contributed by atoms with van der Waals surface area (Å²) in [7, 11) is 2.98. The minimum atomic E-state index is -0.577. The fourth-order valence-corrected chi connectivity index (χ4v) is 2.99. The van der Waals surface area contributed by atoms with Crippen molar-refractivity contribution in [3.8, 4) is 0 Å². The number of carbonyl (C=O) groups excluding carboxylic acids is 1. The summed E-state index contributed by atoms with van der Waals surface area (Å²) < 4.78 is 10.4. The third-order valence-electron chi connectivity index (χ3n) is 4.44. The van der Waals surface area contributed by atoms with Crippen LogP contribution in [0.1, 0.15) is 64.0 Å². The zero-order valence-electron chi connectivity index (χ0n) is 15.6. The van der Waals surface area contributed by atoms with Gasteiger partial charge in [-0.25, -0.2) is 4.79 Å². The van der Waals surface area contributed by atoms with Crippen LogP contribution in [0, 0.1) is 0 Å². The Kier molecular flexibility index (Phi) is 10.4. The molecule has 0 spiro atoms. The van der Waals surface area contributed by atoms with Gasteiger partial charge in [-0.15, -0.1) is 0 Å². The molecule has 0 aliphatic heterocycles. The summed E-state index contributed by atoms with van der Waals surface area (Å²) in [6.07, 6.45) is 6.33. The number of unbranched alkanes of at least 4 members (excludes halogenated alkanes) is 4. The zero-order chi connectivity index (χ0) is 17.8. The summed E-state index contributed by atoms with van der Waals surface area (Å²) in [6.45, 7) is 4.33. The molecule has 4 nitrogen and oxygen atoms in total. The van der Waals surface area contributed by atoms with Crippen LogP contribution in [0.25, 0.3) is 0 Å². The third kappa shape index (κ3) is 7.02. The van der Waals surface area contributed by atoms with Crippen LogP contribution in [-0.2, 0) is 14.3 Å². The van der Waals surface area contributed by atoms with Gasteiger partial charge < -0.3 is 14.8 Å². The molecular weight excluding hydrogens is 302 g/mol. The zero-order valence-corrected chi connectivity index (χ0v) is 15.6. The number of carbonyl (C=O) groups is 1. The van der Waals surface area contributed by atoms with Gasteiger partial charge in [0.05, 0.1) is 7.11 Å². The third-order valence-corrected chi connectivity index (χ3v) is 4.44. The Labute approximate surface area is 146 Å². The average Bonchev–Trinajstić information content (AvgIpc) is 2.62. The highest BCUT2D eigenvalue weighted by atomic mass is 16.6. The Balaban J connectivity index is 2.70. The van der Waals surface area contributed by atoms with Crippen molar-refractivity contribution in [3.05, 3.63) is 35.9 Å².